The van der Waals surface area contributed by atoms with Crippen LogP contribution in [-0.4, -0.2) is 67.1 Å². The van der Waals surface area contributed by atoms with Crippen LogP contribution in [0, 0.1) is 0 Å². The van der Waals surface area contributed by atoms with Crippen molar-refractivity contribution in [2.45, 2.75) is 32.9 Å². The number of carbonyl (C=O) groups is 1. The van der Waals surface area contributed by atoms with Crippen LogP contribution < -0.4 is 10.1 Å². The molecule has 0 aromatic heterocycles. The first-order valence-electron chi connectivity index (χ1n) is 8.51. The predicted octanol–water partition coefficient (Wildman–Crippen LogP) is 1.60. The summed E-state index contributed by atoms with van der Waals surface area (Å²) in [5.41, 5.74) is 0. The molecule has 128 valence electrons. The molecule has 0 bridgehead atoms. The van der Waals surface area contributed by atoms with E-state index in [1.807, 2.05) is 51.1 Å². The Morgan fingerprint density at radius 3 is 2.39 bits per heavy atom. The third-order valence-electron chi connectivity index (χ3n) is 4.18. The summed E-state index contributed by atoms with van der Waals surface area (Å²) in [6.07, 6.45) is 0. The predicted molar refractivity (Wildman–Crippen MR) is 92.7 cm³/mol. The van der Waals surface area contributed by atoms with E-state index >= 15 is 0 Å². The van der Waals surface area contributed by atoms with Crippen LogP contribution >= 0.6 is 0 Å². The fourth-order valence-electron chi connectivity index (χ4n) is 2.75. The van der Waals surface area contributed by atoms with Crippen molar-refractivity contribution in [3.05, 3.63) is 30.3 Å². The zero-order valence-corrected chi connectivity index (χ0v) is 14.5. The number of nitrogens with one attached hydrogen (secondary N) is 1. The average Bonchev–Trinajstić information content (AvgIpc) is 2.55. The molecule has 5 heteroatoms. The molecule has 1 N–H and O–H groups in total. The van der Waals surface area contributed by atoms with Crippen LogP contribution in [0.4, 0.5) is 0 Å². The van der Waals surface area contributed by atoms with Gasteiger partial charge in [-0.2, -0.15) is 0 Å². The summed E-state index contributed by atoms with van der Waals surface area (Å²) in [7, 11) is 0. The van der Waals surface area contributed by atoms with E-state index in [0.29, 0.717) is 6.61 Å². The summed E-state index contributed by atoms with van der Waals surface area (Å²) in [6.45, 7) is 11.4. The third kappa shape index (κ3) is 5.84. The molecule has 1 atom stereocenters. The highest BCUT2D eigenvalue weighted by Gasteiger charge is 2.25. The molecule has 5 nitrogen and oxygen atoms in total. The van der Waals surface area contributed by atoms with Gasteiger partial charge in [0, 0.05) is 38.8 Å². The topological polar surface area (TPSA) is 44.8 Å². The number of hydrogen-bond donors (Lipinski definition) is 1. The summed E-state index contributed by atoms with van der Waals surface area (Å²) in [6, 6.07) is 10.1. The van der Waals surface area contributed by atoms with Crippen LogP contribution in [0.3, 0.4) is 0 Å². The van der Waals surface area contributed by atoms with Gasteiger partial charge in [0.05, 0.1) is 6.04 Å². The first kappa shape index (κ1) is 17.8. The van der Waals surface area contributed by atoms with Gasteiger partial charge in [0.25, 0.3) is 0 Å². The number of amides is 1. The van der Waals surface area contributed by atoms with Gasteiger partial charge in [-0.25, -0.2) is 0 Å². The van der Waals surface area contributed by atoms with Gasteiger partial charge in [-0.1, -0.05) is 18.2 Å². The Morgan fingerprint density at radius 2 is 1.78 bits per heavy atom. The lowest BCUT2D eigenvalue weighted by Gasteiger charge is -2.37. The molecule has 1 aromatic rings. The van der Waals surface area contributed by atoms with Crippen LogP contribution in [0.1, 0.15) is 20.8 Å². The summed E-state index contributed by atoms with van der Waals surface area (Å²) < 4.78 is 5.75. The minimum absolute atomic E-state index is 0.0554. The van der Waals surface area contributed by atoms with E-state index in [2.05, 4.69) is 15.1 Å². The number of para-hydroxylation sites is 1. The van der Waals surface area contributed by atoms with E-state index in [1.54, 1.807) is 0 Å². The number of nitrogens with zero attached hydrogens (tertiary/aromatic N) is 2. The maximum absolute atomic E-state index is 12.1. The van der Waals surface area contributed by atoms with Crippen LogP contribution in [0.5, 0.6) is 5.75 Å². The Hall–Kier alpha value is -1.59. The lowest BCUT2D eigenvalue weighted by Crippen LogP contribution is -2.54. The van der Waals surface area contributed by atoms with E-state index in [0.717, 1.165) is 38.5 Å². The minimum Gasteiger partial charge on any atom is -0.492 e. The second kappa shape index (κ2) is 8.89. The van der Waals surface area contributed by atoms with Gasteiger partial charge in [0.2, 0.25) is 5.91 Å². The van der Waals surface area contributed by atoms with Crippen molar-refractivity contribution in [2.24, 2.45) is 0 Å². The molecule has 1 aliphatic rings. The highest BCUT2D eigenvalue weighted by atomic mass is 16.5. The summed E-state index contributed by atoms with van der Waals surface area (Å²) in [5, 5.41) is 2.99. The van der Waals surface area contributed by atoms with Crippen molar-refractivity contribution in [3.63, 3.8) is 0 Å². The number of ether oxygens (including phenoxy) is 1. The van der Waals surface area contributed by atoms with Crippen molar-refractivity contribution in [2.75, 3.05) is 39.3 Å². The van der Waals surface area contributed by atoms with Crippen LogP contribution in [0.25, 0.3) is 0 Å². The summed E-state index contributed by atoms with van der Waals surface area (Å²) in [4.78, 5) is 16.7. The number of hydrogen-bond acceptors (Lipinski definition) is 4. The van der Waals surface area contributed by atoms with Gasteiger partial charge < -0.3 is 10.1 Å². The zero-order valence-electron chi connectivity index (χ0n) is 14.5. The number of piperazine rings is 1. The molecule has 1 aliphatic heterocycles. The zero-order chi connectivity index (χ0) is 16.7. The van der Waals surface area contributed by atoms with Crippen molar-refractivity contribution < 1.29 is 9.53 Å². The second-order valence-corrected chi connectivity index (χ2v) is 6.38. The fourth-order valence-corrected chi connectivity index (χ4v) is 2.75. The largest absolute Gasteiger partial charge is 0.492 e. The Bertz CT molecular complexity index is 470. The first-order valence-corrected chi connectivity index (χ1v) is 8.51. The molecule has 1 amide bonds. The van der Waals surface area contributed by atoms with Crippen molar-refractivity contribution >= 4 is 5.91 Å². The maximum Gasteiger partial charge on any atom is 0.237 e. The third-order valence-corrected chi connectivity index (χ3v) is 4.18. The molecular weight excluding hydrogens is 290 g/mol. The Morgan fingerprint density at radius 1 is 1.13 bits per heavy atom. The quantitative estimate of drug-likeness (QED) is 0.829. The molecule has 1 fully saturated rings. The van der Waals surface area contributed by atoms with E-state index in [1.165, 1.54) is 0 Å². The first-order chi connectivity index (χ1) is 11.1. The van der Waals surface area contributed by atoms with Gasteiger partial charge in [-0.15, -0.1) is 0 Å². The highest BCUT2D eigenvalue weighted by molar-refractivity contribution is 5.81. The fraction of sp³-hybridized carbons (Fsp3) is 0.611. The maximum atomic E-state index is 12.1. The Balaban J connectivity index is 1.66. The monoisotopic (exact) mass is 319 g/mol. The number of carbonyl (C=O) groups excluding carboxylic acids is 1. The molecule has 0 saturated carbocycles. The van der Waals surface area contributed by atoms with E-state index in [9.17, 15) is 4.79 Å². The molecule has 0 spiro atoms. The Labute approximate surface area is 139 Å². The van der Waals surface area contributed by atoms with Crippen molar-refractivity contribution in [1.82, 2.24) is 15.1 Å². The van der Waals surface area contributed by atoms with Gasteiger partial charge >= 0.3 is 0 Å². The standard InChI is InChI=1S/C18H29N3O2/c1-15(2)19-18(22)16(3)21-11-9-20(10-12-21)13-14-23-17-7-5-4-6-8-17/h4-8,15-16H,9-14H2,1-3H3,(H,19,22)/t16-/m1/s1. The molecule has 23 heavy (non-hydrogen) atoms. The van der Waals surface area contributed by atoms with E-state index < -0.39 is 0 Å². The van der Waals surface area contributed by atoms with E-state index in [4.69, 9.17) is 4.74 Å². The summed E-state index contributed by atoms with van der Waals surface area (Å²) >= 11 is 0. The van der Waals surface area contributed by atoms with Crippen LogP contribution in [0.15, 0.2) is 30.3 Å². The van der Waals surface area contributed by atoms with Crippen LogP contribution in [0.2, 0.25) is 0 Å². The molecule has 0 radical (unpaired) electrons. The normalized spacial score (nSPS) is 17.9. The van der Waals surface area contributed by atoms with Crippen molar-refractivity contribution in [1.29, 1.82) is 0 Å². The smallest absolute Gasteiger partial charge is 0.237 e. The minimum atomic E-state index is -0.0554. The lowest BCUT2D eigenvalue weighted by molar-refractivity contribution is -0.127. The molecule has 2 rings (SSSR count). The molecule has 1 aromatic carbocycles. The number of benzene rings is 1. The molecule has 1 heterocycles. The number of rotatable bonds is 7. The van der Waals surface area contributed by atoms with E-state index in [-0.39, 0.29) is 18.0 Å². The second-order valence-electron chi connectivity index (χ2n) is 6.38. The highest BCUT2D eigenvalue weighted by Crippen LogP contribution is 2.10. The SMILES string of the molecule is CC(C)NC(=O)[C@@H](C)N1CCN(CCOc2ccccc2)CC1. The van der Waals surface area contributed by atoms with Gasteiger partial charge in [-0.05, 0) is 32.9 Å². The van der Waals surface area contributed by atoms with Gasteiger partial charge in [-0.3, -0.25) is 14.6 Å². The molecule has 0 unspecified atom stereocenters. The summed E-state index contributed by atoms with van der Waals surface area (Å²) in [5.74, 6) is 1.05. The molecule has 1 saturated heterocycles. The lowest BCUT2D eigenvalue weighted by atomic mass is 10.2. The van der Waals surface area contributed by atoms with Gasteiger partial charge in [0.1, 0.15) is 12.4 Å². The molecular formula is C18H29N3O2. The van der Waals surface area contributed by atoms with Gasteiger partial charge in [0.15, 0.2) is 0 Å². The van der Waals surface area contributed by atoms with Crippen LogP contribution in [-0.2, 0) is 4.79 Å². The molecule has 0 aliphatic carbocycles. The van der Waals surface area contributed by atoms with Crippen molar-refractivity contribution in [3.8, 4) is 5.75 Å². The Kier molecular flexibility index (Phi) is 6.86. The average molecular weight is 319 g/mol.